The average molecular weight is 390 g/mol. The van der Waals surface area contributed by atoms with Crippen LogP contribution < -0.4 is 10.6 Å². The van der Waals surface area contributed by atoms with Gasteiger partial charge in [0.25, 0.3) is 0 Å². The first-order valence-electron chi connectivity index (χ1n) is 10.8. The van der Waals surface area contributed by atoms with Gasteiger partial charge in [-0.1, -0.05) is 45.1 Å². The summed E-state index contributed by atoms with van der Waals surface area (Å²) in [6, 6.07) is 0.253. The van der Waals surface area contributed by atoms with E-state index in [0.29, 0.717) is 12.3 Å². The number of nitrogens with zero attached hydrogens (tertiary/aromatic N) is 1. The van der Waals surface area contributed by atoms with Gasteiger partial charge in [0.15, 0.2) is 0 Å². The van der Waals surface area contributed by atoms with Crippen molar-refractivity contribution in [2.45, 2.75) is 77.2 Å². The van der Waals surface area contributed by atoms with Crippen LogP contribution >= 0.6 is 11.3 Å². The number of allylic oxidation sites excluding steroid dienone is 1. The summed E-state index contributed by atoms with van der Waals surface area (Å²) in [5, 5.41) is 7.63. The summed E-state index contributed by atoms with van der Waals surface area (Å²) in [5.41, 5.74) is 1.13. The molecule has 27 heavy (non-hydrogen) atoms. The van der Waals surface area contributed by atoms with E-state index in [9.17, 15) is 4.79 Å². The Balaban J connectivity index is 1.46. The molecule has 1 fully saturated rings. The summed E-state index contributed by atoms with van der Waals surface area (Å²) in [6.45, 7) is 3.10. The summed E-state index contributed by atoms with van der Waals surface area (Å²) in [7, 11) is 1.97. The molecule has 2 N–H and O–H groups in total. The van der Waals surface area contributed by atoms with Gasteiger partial charge in [-0.15, -0.1) is 11.3 Å². The van der Waals surface area contributed by atoms with Gasteiger partial charge in [-0.05, 0) is 44.2 Å². The highest BCUT2D eigenvalue weighted by atomic mass is 32.1. The van der Waals surface area contributed by atoms with E-state index >= 15 is 0 Å². The fourth-order valence-electron chi connectivity index (χ4n) is 4.40. The lowest BCUT2D eigenvalue weighted by Crippen LogP contribution is -2.42. The Morgan fingerprint density at radius 1 is 1.33 bits per heavy atom. The van der Waals surface area contributed by atoms with Gasteiger partial charge < -0.3 is 10.6 Å². The minimum Gasteiger partial charge on any atom is -0.352 e. The van der Waals surface area contributed by atoms with Crippen molar-refractivity contribution in [3.05, 3.63) is 21.7 Å². The van der Waals surface area contributed by atoms with E-state index in [1.165, 1.54) is 43.4 Å². The van der Waals surface area contributed by atoms with E-state index in [-0.39, 0.29) is 11.9 Å². The zero-order valence-electron chi connectivity index (χ0n) is 16.9. The molecule has 2 atom stereocenters. The van der Waals surface area contributed by atoms with Gasteiger partial charge in [0.1, 0.15) is 0 Å². The number of hydrogen-bond acceptors (Lipinski definition) is 4. The Kier molecular flexibility index (Phi) is 7.89. The number of carbonyl (C=O) groups excluding carboxylic acids is 1. The summed E-state index contributed by atoms with van der Waals surface area (Å²) >= 11 is 1.80. The van der Waals surface area contributed by atoms with Crippen LogP contribution in [0, 0.1) is 11.8 Å². The maximum absolute atomic E-state index is 12.5. The molecule has 2 aliphatic carbocycles. The van der Waals surface area contributed by atoms with Crippen molar-refractivity contribution in [3.63, 3.8) is 0 Å². The first-order chi connectivity index (χ1) is 13.2. The number of aryl methyl sites for hydroxylation is 1. The van der Waals surface area contributed by atoms with Crippen molar-refractivity contribution in [1.29, 1.82) is 0 Å². The number of likely N-dealkylation sites (N-methyl/N-ethyl adjacent to an activating group) is 1. The normalized spacial score (nSPS) is 21.0. The topological polar surface area (TPSA) is 54.0 Å². The van der Waals surface area contributed by atoms with Gasteiger partial charge in [0, 0.05) is 30.3 Å². The smallest absolute Gasteiger partial charge is 0.220 e. The van der Waals surface area contributed by atoms with Crippen LogP contribution in [0.3, 0.4) is 0 Å². The Morgan fingerprint density at radius 3 is 2.89 bits per heavy atom. The predicted octanol–water partition coefficient (Wildman–Crippen LogP) is 4.35. The van der Waals surface area contributed by atoms with Gasteiger partial charge in [0.05, 0.1) is 10.7 Å². The summed E-state index contributed by atoms with van der Waals surface area (Å²) < 4.78 is 0. The van der Waals surface area contributed by atoms with Gasteiger partial charge in [-0.25, -0.2) is 4.98 Å². The fraction of sp³-hybridized carbons (Fsp3) is 0.727. The largest absolute Gasteiger partial charge is 0.352 e. The van der Waals surface area contributed by atoms with Crippen molar-refractivity contribution < 1.29 is 4.79 Å². The zero-order valence-corrected chi connectivity index (χ0v) is 17.7. The van der Waals surface area contributed by atoms with E-state index in [1.807, 2.05) is 7.05 Å². The first kappa shape index (κ1) is 20.5. The van der Waals surface area contributed by atoms with E-state index in [0.717, 1.165) is 42.4 Å². The highest BCUT2D eigenvalue weighted by Crippen LogP contribution is 2.30. The quantitative estimate of drug-likeness (QED) is 0.660. The molecule has 5 heteroatoms. The third-order valence-corrected chi connectivity index (χ3v) is 7.15. The molecule has 1 amide bonds. The second-order valence-electron chi connectivity index (χ2n) is 8.21. The van der Waals surface area contributed by atoms with Crippen molar-refractivity contribution in [2.75, 3.05) is 13.6 Å². The van der Waals surface area contributed by atoms with Crippen LogP contribution in [0.15, 0.2) is 6.08 Å². The molecule has 150 valence electrons. The van der Waals surface area contributed by atoms with E-state index in [2.05, 4.69) is 29.7 Å². The number of rotatable bonds is 9. The number of fused-ring (bicyclic) bond motifs is 1. The summed E-state index contributed by atoms with van der Waals surface area (Å²) in [6.07, 6.45) is 15.9. The van der Waals surface area contributed by atoms with E-state index in [1.54, 1.807) is 11.3 Å². The maximum Gasteiger partial charge on any atom is 0.220 e. The number of carbonyl (C=O) groups is 1. The lowest BCUT2D eigenvalue weighted by Gasteiger charge is -2.27. The maximum atomic E-state index is 12.5. The van der Waals surface area contributed by atoms with Crippen LogP contribution in [0.5, 0.6) is 0 Å². The lowest BCUT2D eigenvalue weighted by atomic mass is 9.85. The predicted molar refractivity (Wildman–Crippen MR) is 114 cm³/mol. The van der Waals surface area contributed by atoms with Crippen molar-refractivity contribution in [3.8, 4) is 0 Å². The molecule has 3 rings (SSSR count). The third-order valence-electron chi connectivity index (χ3n) is 5.99. The first-order valence-corrected chi connectivity index (χ1v) is 11.6. The molecular weight excluding hydrogens is 354 g/mol. The molecule has 0 aromatic carbocycles. The molecule has 0 bridgehead atoms. The number of thiazole rings is 1. The Morgan fingerprint density at radius 2 is 2.15 bits per heavy atom. The molecular formula is C22H35N3OS. The number of hydrogen-bond donors (Lipinski definition) is 2. The number of amides is 1. The van der Waals surface area contributed by atoms with E-state index < -0.39 is 0 Å². The standard InChI is InChI=1S/C22H35N3OS/c1-3-16-9-10-19-20(14-16)27-22(25-19)12-11-21(26)24-18(15-23-2)13-17-7-5-4-6-8-17/h9-10,16-18,23H,3-8,11-15H2,1-2H3,(H,24,26). The van der Waals surface area contributed by atoms with Crippen LogP contribution in [0.25, 0.3) is 6.08 Å². The van der Waals surface area contributed by atoms with Gasteiger partial charge >= 0.3 is 0 Å². The Hall–Kier alpha value is -1.20. The molecule has 2 aliphatic rings. The highest BCUT2D eigenvalue weighted by molar-refractivity contribution is 7.11. The average Bonchev–Trinajstić information content (AvgIpc) is 3.09. The molecule has 4 nitrogen and oxygen atoms in total. The third kappa shape index (κ3) is 6.15. The molecule has 2 unspecified atom stereocenters. The minimum absolute atomic E-state index is 0.168. The van der Waals surface area contributed by atoms with E-state index in [4.69, 9.17) is 4.98 Å². The number of nitrogens with one attached hydrogen (secondary N) is 2. The van der Waals surface area contributed by atoms with Crippen LogP contribution in [0.1, 0.15) is 73.9 Å². The zero-order chi connectivity index (χ0) is 19.1. The molecule has 1 aromatic rings. The van der Waals surface area contributed by atoms with Gasteiger partial charge in [0.2, 0.25) is 5.91 Å². The summed E-state index contributed by atoms with van der Waals surface area (Å²) in [4.78, 5) is 18.6. The lowest BCUT2D eigenvalue weighted by molar-refractivity contribution is -0.121. The van der Waals surface area contributed by atoms with Crippen molar-refractivity contribution in [2.24, 2.45) is 11.8 Å². The second-order valence-corrected chi connectivity index (χ2v) is 9.38. The van der Waals surface area contributed by atoms with Crippen molar-refractivity contribution in [1.82, 2.24) is 15.6 Å². The molecule has 1 saturated carbocycles. The van der Waals surface area contributed by atoms with Crippen LogP contribution in [0.2, 0.25) is 0 Å². The SMILES string of the molecule is CCC1C=Cc2nc(CCC(=O)NC(CNC)CC3CCCCC3)sc2C1. The Labute approximate surface area is 168 Å². The number of aromatic nitrogens is 1. The molecule has 0 radical (unpaired) electrons. The van der Waals surface area contributed by atoms with Crippen LogP contribution in [0.4, 0.5) is 0 Å². The van der Waals surface area contributed by atoms with Crippen LogP contribution in [-0.2, 0) is 17.6 Å². The Bertz CT molecular complexity index is 634. The van der Waals surface area contributed by atoms with Gasteiger partial charge in [-0.3, -0.25) is 4.79 Å². The minimum atomic E-state index is 0.168. The molecule has 0 saturated heterocycles. The molecule has 1 heterocycles. The molecule has 0 spiro atoms. The highest BCUT2D eigenvalue weighted by Gasteiger charge is 2.21. The monoisotopic (exact) mass is 389 g/mol. The summed E-state index contributed by atoms with van der Waals surface area (Å²) in [5.74, 6) is 1.60. The second kappa shape index (κ2) is 10.4. The fourth-order valence-corrected chi connectivity index (χ4v) is 5.54. The molecule has 0 aliphatic heterocycles. The van der Waals surface area contributed by atoms with Crippen LogP contribution in [-0.4, -0.2) is 30.5 Å². The van der Waals surface area contributed by atoms with Crippen molar-refractivity contribution >= 4 is 23.3 Å². The molecule has 1 aromatic heterocycles. The van der Waals surface area contributed by atoms with Gasteiger partial charge in [-0.2, -0.15) is 0 Å².